The number of hydrogen-bond acceptors (Lipinski definition) is 4. The van der Waals surface area contributed by atoms with Crippen LogP contribution in [0.1, 0.15) is 19.4 Å². The number of β-amino-alcohol motifs (C(OH)–C–C–N with tert-alkyl or cyclic N) is 1. The van der Waals surface area contributed by atoms with Crippen LogP contribution in [0.3, 0.4) is 0 Å². The molecular weight excluding hydrogens is 256 g/mol. The number of amides is 1. The van der Waals surface area contributed by atoms with Crippen molar-refractivity contribution in [1.82, 2.24) is 10.2 Å². The Labute approximate surface area is 119 Å². The van der Waals surface area contributed by atoms with Gasteiger partial charge in [-0.25, -0.2) is 4.79 Å². The molecule has 0 saturated carbocycles. The lowest BCUT2D eigenvalue weighted by atomic mass is 10.0. The summed E-state index contributed by atoms with van der Waals surface area (Å²) in [5.74, 6) is 0. The number of nitrogens with zero attached hydrogens (tertiary/aromatic N) is 1. The minimum absolute atomic E-state index is 0.112. The van der Waals surface area contributed by atoms with Gasteiger partial charge in [0.1, 0.15) is 6.61 Å². The summed E-state index contributed by atoms with van der Waals surface area (Å²) in [5.41, 5.74) is 0.276. The Kier molecular flexibility index (Phi) is 4.62. The first kappa shape index (κ1) is 14.8. The van der Waals surface area contributed by atoms with E-state index in [-0.39, 0.29) is 18.7 Å². The predicted octanol–water partition coefficient (Wildman–Crippen LogP) is 1.37. The molecule has 1 fully saturated rings. The summed E-state index contributed by atoms with van der Waals surface area (Å²) in [6, 6.07) is 9.70. The van der Waals surface area contributed by atoms with Crippen LogP contribution < -0.4 is 5.32 Å². The second-order valence-corrected chi connectivity index (χ2v) is 5.91. The Morgan fingerprint density at radius 1 is 1.40 bits per heavy atom. The van der Waals surface area contributed by atoms with Crippen LogP contribution in [0.25, 0.3) is 0 Å². The van der Waals surface area contributed by atoms with Gasteiger partial charge in [0.15, 0.2) is 0 Å². The molecule has 0 bridgehead atoms. The van der Waals surface area contributed by atoms with Crippen molar-refractivity contribution in [1.29, 1.82) is 0 Å². The molecule has 2 rings (SSSR count). The van der Waals surface area contributed by atoms with Crippen LogP contribution >= 0.6 is 0 Å². The Balaban J connectivity index is 1.62. The number of benzene rings is 1. The molecular formula is C15H22N2O3. The van der Waals surface area contributed by atoms with Gasteiger partial charge in [-0.3, -0.25) is 4.90 Å². The van der Waals surface area contributed by atoms with Gasteiger partial charge in [-0.15, -0.1) is 0 Å². The van der Waals surface area contributed by atoms with Crippen molar-refractivity contribution in [3.8, 4) is 0 Å². The summed E-state index contributed by atoms with van der Waals surface area (Å²) in [7, 11) is 0. The Morgan fingerprint density at radius 3 is 2.65 bits per heavy atom. The average molecular weight is 278 g/mol. The molecule has 5 heteroatoms. The molecule has 0 atom stereocenters. The summed E-state index contributed by atoms with van der Waals surface area (Å²) in [6.07, 6.45) is -0.387. The fourth-order valence-corrected chi connectivity index (χ4v) is 2.27. The maximum atomic E-state index is 11.6. The summed E-state index contributed by atoms with van der Waals surface area (Å²) in [5, 5.41) is 12.5. The maximum Gasteiger partial charge on any atom is 0.407 e. The molecule has 20 heavy (non-hydrogen) atoms. The first-order valence-corrected chi connectivity index (χ1v) is 6.84. The standard InChI is InChI=1S/C15H22N2O3/c1-15(2,19)11-17-8-13(9-17)16-14(18)20-10-12-6-4-3-5-7-12/h3-7,13,19H,8-11H2,1-2H3,(H,16,18). The normalized spacial score (nSPS) is 16.6. The van der Waals surface area contributed by atoms with Gasteiger partial charge in [-0.1, -0.05) is 30.3 Å². The van der Waals surface area contributed by atoms with Crippen LogP contribution in [0.4, 0.5) is 4.79 Å². The van der Waals surface area contributed by atoms with Crippen molar-refractivity contribution in [2.24, 2.45) is 0 Å². The topological polar surface area (TPSA) is 61.8 Å². The van der Waals surface area contributed by atoms with Crippen LogP contribution in [0.2, 0.25) is 0 Å². The monoisotopic (exact) mass is 278 g/mol. The third kappa shape index (κ3) is 4.83. The number of carbonyl (C=O) groups is 1. The number of carbonyl (C=O) groups excluding carboxylic acids is 1. The lowest BCUT2D eigenvalue weighted by Crippen LogP contribution is -2.61. The molecule has 0 aliphatic carbocycles. The fraction of sp³-hybridized carbons (Fsp3) is 0.533. The van der Waals surface area contributed by atoms with Gasteiger partial charge in [-0.2, -0.15) is 0 Å². The number of likely N-dealkylation sites (tertiary alicyclic amines) is 1. The highest BCUT2D eigenvalue weighted by atomic mass is 16.5. The van der Waals surface area contributed by atoms with E-state index in [1.54, 1.807) is 13.8 Å². The Hall–Kier alpha value is -1.59. The highest BCUT2D eigenvalue weighted by molar-refractivity contribution is 5.67. The summed E-state index contributed by atoms with van der Waals surface area (Å²) in [4.78, 5) is 13.7. The van der Waals surface area contributed by atoms with E-state index in [2.05, 4.69) is 10.2 Å². The zero-order valence-electron chi connectivity index (χ0n) is 12.0. The molecule has 1 saturated heterocycles. The number of alkyl carbamates (subject to hydrolysis) is 1. The van der Waals surface area contributed by atoms with E-state index in [1.807, 2.05) is 30.3 Å². The van der Waals surface area contributed by atoms with Gasteiger partial charge in [0.2, 0.25) is 0 Å². The second kappa shape index (κ2) is 6.24. The molecule has 1 aliphatic rings. The van der Waals surface area contributed by atoms with Crippen molar-refractivity contribution in [2.75, 3.05) is 19.6 Å². The van der Waals surface area contributed by atoms with Crippen LogP contribution in [0.15, 0.2) is 30.3 Å². The molecule has 2 N–H and O–H groups in total. The van der Waals surface area contributed by atoms with Crippen LogP contribution in [0, 0.1) is 0 Å². The summed E-state index contributed by atoms with van der Waals surface area (Å²) >= 11 is 0. The van der Waals surface area contributed by atoms with Crippen molar-refractivity contribution in [3.05, 3.63) is 35.9 Å². The van der Waals surface area contributed by atoms with E-state index in [0.717, 1.165) is 18.7 Å². The largest absolute Gasteiger partial charge is 0.445 e. The Morgan fingerprint density at radius 2 is 2.05 bits per heavy atom. The molecule has 1 aromatic carbocycles. The molecule has 1 aliphatic heterocycles. The van der Waals surface area contributed by atoms with E-state index in [4.69, 9.17) is 4.74 Å². The van der Waals surface area contributed by atoms with E-state index in [9.17, 15) is 9.90 Å². The molecule has 1 heterocycles. The predicted molar refractivity (Wildman–Crippen MR) is 76.3 cm³/mol. The second-order valence-electron chi connectivity index (χ2n) is 5.91. The van der Waals surface area contributed by atoms with E-state index in [1.165, 1.54) is 0 Å². The zero-order valence-corrected chi connectivity index (χ0v) is 12.0. The average Bonchev–Trinajstić information content (AvgIpc) is 2.33. The number of nitrogens with one attached hydrogen (secondary N) is 1. The molecule has 1 amide bonds. The quantitative estimate of drug-likeness (QED) is 0.854. The van der Waals surface area contributed by atoms with E-state index >= 15 is 0 Å². The molecule has 0 radical (unpaired) electrons. The third-order valence-electron chi connectivity index (χ3n) is 3.10. The number of hydrogen-bond donors (Lipinski definition) is 2. The van der Waals surface area contributed by atoms with Gasteiger partial charge in [0.25, 0.3) is 0 Å². The van der Waals surface area contributed by atoms with Crippen molar-refractivity contribution in [2.45, 2.75) is 32.1 Å². The molecule has 1 aromatic rings. The van der Waals surface area contributed by atoms with Crippen LogP contribution in [-0.4, -0.2) is 47.4 Å². The first-order chi connectivity index (χ1) is 9.42. The minimum Gasteiger partial charge on any atom is -0.445 e. The number of ether oxygens (including phenoxy) is 1. The van der Waals surface area contributed by atoms with Gasteiger partial charge in [-0.05, 0) is 19.4 Å². The van der Waals surface area contributed by atoms with E-state index in [0.29, 0.717) is 6.54 Å². The van der Waals surface area contributed by atoms with Gasteiger partial charge >= 0.3 is 6.09 Å². The highest BCUT2D eigenvalue weighted by Gasteiger charge is 2.31. The summed E-state index contributed by atoms with van der Waals surface area (Å²) < 4.78 is 5.15. The molecule has 5 nitrogen and oxygen atoms in total. The third-order valence-corrected chi connectivity index (χ3v) is 3.10. The van der Waals surface area contributed by atoms with Crippen molar-refractivity contribution in [3.63, 3.8) is 0 Å². The minimum atomic E-state index is -0.696. The first-order valence-electron chi connectivity index (χ1n) is 6.84. The van der Waals surface area contributed by atoms with Crippen molar-refractivity contribution < 1.29 is 14.6 Å². The summed E-state index contributed by atoms with van der Waals surface area (Å²) in [6.45, 7) is 5.97. The highest BCUT2D eigenvalue weighted by Crippen LogP contribution is 2.13. The van der Waals surface area contributed by atoms with Crippen LogP contribution in [0.5, 0.6) is 0 Å². The van der Waals surface area contributed by atoms with Crippen molar-refractivity contribution >= 4 is 6.09 Å². The fourth-order valence-electron chi connectivity index (χ4n) is 2.27. The number of aliphatic hydroxyl groups is 1. The molecule has 0 spiro atoms. The van der Waals surface area contributed by atoms with Gasteiger partial charge < -0.3 is 15.2 Å². The Bertz CT molecular complexity index is 436. The van der Waals surface area contributed by atoms with E-state index < -0.39 is 5.60 Å². The van der Waals surface area contributed by atoms with Gasteiger partial charge in [0.05, 0.1) is 11.6 Å². The zero-order chi connectivity index (χ0) is 14.6. The molecule has 0 unspecified atom stereocenters. The smallest absolute Gasteiger partial charge is 0.407 e. The maximum absolute atomic E-state index is 11.6. The van der Waals surface area contributed by atoms with Gasteiger partial charge in [0, 0.05) is 19.6 Å². The molecule has 0 aromatic heterocycles. The lowest BCUT2D eigenvalue weighted by Gasteiger charge is -2.41. The molecule has 110 valence electrons. The number of rotatable bonds is 5. The SMILES string of the molecule is CC(C)(O)CN1CC(NC(=O)OCc2ccccc2)C1. The lowest BCUT2D eigenvalue weighted by molar-refractivity contribution is 0.00251. The van der Waals surface area contributed by atoms with Crippen LogP contribution in [-0.2, 0) is 11.3 Å².